The fourth-order valence-electron chi connectivity index (χ4n) is 3.66. The summed E-state index contributed by atoms with van der Waals surface area (Å²) in [4.78, 5) is 22.3. The van der Waals surface area contributed by atoms with Crippen LogP contribution in [0.15, 0.2) is 18.5 Å². The summed E-state index contributed by atoms with van der Waals surface area (Å²) in [7, 11) is 0. The van der Waals surface area contributed by atoms with Crippen molar-refractivity contribution in [3.8, 4) is 5.75 Å². The van der Waals surface area contributed by atoms with Crippen LogP contribution in [0.3, 0.4) is 0 Å². The molecule has 8 heteroatoms. The van der Waals surface area contributed by atoms with Gasteiger partial charge in [-0.2, -0.15) is 0 Å². The molecule has 1 aliphatic carbocycles. The molecular weight excluding hydrogens is 386 g/mol. The van der Waals surface area contributed by atoms with E-state index in [0.717, 1.165) is 35.8 Å². The van der Waals surface area contributed by atoms with Crippen molar-refractivity contribution in [1.82, 2.24) is 9.97 Å². The van der Waals surface area contributed by atoms with E-state index in [-0.39, 0.29) is 12.0 Å². The zero-order valence-electron chi connectivity index (χ0n) is 16.4. The number of aldehydes is 1. The summed E-state index contributed by atoms with van der Waals surface area (Å²) in [6.45, 7) is 3.90. The number of carbonyl (C=O) groups is 1. The zero-order chi connectivity index (χ0) is 20.5. The lowest BCUT2D eigenvalue weighted by molar-refractivity contribution is -0.111. The molecule has 4 N–H and O–H groups in total. The number of thiophene rings is 1. The van der Waals surface area contributed by atoms with Crippen LogP contribution in [0.1, 0.15) is 36.3 Å². The van der Waals surface area contributed by atoms with E-state index in [1.807, 2.05) is 13.8 Å². The third-order valence-corrected chi connectivity index (χ3v) is 6.19. The highest BCUT2D eigenvalue weighted by molar-refractivity contribution is 7.19. The van der Waals surface area contributed by atoms with Gasteiger partial charge in [0.2, 0.25) is 0 Å². The lowest BCUT2D eigenvalue weighted by Gasteiger charge is -2.19. The summed E-state index contributed by atoms with van der Waals surface area (Å²) in [6, 6.07) is 3.54. The lowest BCUT2D eigenvalue weighted by atomic mass is 9.89. The van der Waals surface area contributed by atoms with E-state index in [9.17, 15) is 4.79 Å². The highest BCUT2D eigenvalue weighted by Crippen LogP contribution is 2.41. The smallest absolute Gasteiger partial charge is 0.145 e. The number of nitrogens with one attached hydrogen (secondary N) is 2. The van der Waals surface area contributed by atoms with Crippen LogP contribution in [0.25, 0.3) is 10.2 Å². The first-order valence-corrected chi connectivity index (χ1v) is 10.4. The first-order chi connectivity index (χ1) is 14.0. The maximum absolute atomic E-state index is 11.2. The first-order valence-electron chi connectivity index (χ1n) is 9.58. The van der Waals surface area contributed by atoms with Gasteiger partial charge in [0.25, 0.3) is 0 Å². The van der Waals surface area contributed by atoms with Gasteiger partial charge in [-0.25, -0.2) is 9.97 Å². The number of aromatic nitrogens is 2. The van der Waals surface area contributed by atoms with Crippen LogP contribution in [0, 0.1) is 11.3 Å². The number of nitrogens with two attached hydrogens (primary N) is 1. The maximum Gasteiger partial charge on any atom is 0.145 e. The van der Waals surface area contributed by atoms with E-state index in [2.05, 4.69) is 15.3 Å². The van der Waals surface area contributed by atoms with Gasteiger partial charge in [0.05, 0.1) is 17.2 Å². The molecule has 0 amide bonds. The monoisotopic (exact) mass is 409 g/mol. The first kappa shape index (κ1) is 19.3. The Morgan fingerprint density at radius 1 is 1.38 bits per heavy atom. The predicted octanol–water partition coefficient (Wildman–Crippen LogP) is 4.11. The minimum Gasteiger partial charge on any atom is -0.489 e. The molecule has 150 valence electrons. The van der Waals surface area contributed by atoms with Crippen LogP contribution in [-0.4, -0.2) is 28.6 Å². The van der Waals surface area contributed by atoms with Gasteiger partial charge in [-0.15, -0.1) is 11.3 Å². The normalized spacial score (nSPS) is 15.9. The molecule has 1 atom stereocenters. The number of hydrogen-bond donors (Lipinski definition) is 3. The van der Waals surface area contributed by atoms with E-state index in [4.69, 9.17) is 15.9 Å². The van der Waals surface area contributed by atoms with E-state index >= 15 is 0 Å². The van der Waals surface area contributed by atoms with Crippen LogP contribution in [0.4, 0.5) is 17.2 Å². The Kier molecular flexibility index (Phi) is 5.19. The molecule has 0 saturated carbocycles. The number of ether oxygens (including phenoxy) is 1. The Hall–Kier alpha value is -3.00. The summed E-state index contributed by atoms with van der Waals surface area (Å²) < 4.78 is 5.94. The minimum absolute atomic E-state index is 0.0274. The average molecular weight is 410 g/mol. The van der Waals surface area contributed by atoms with Crippen molar-refractivity contribution in [3.63, 3.8) is 0 Å². The number of hydrogen-bond acceptors (Lipinski definition) is 8. The van der Waals surface area contributed by atoms with Crippen LogP contribution in [0.2, 0.25) is 0 Å². The summed E-state index contributed by atoms with van der Waals surface area (Å²) in [5.41, 5.74) is 9.07. The molecule has 0 bridgehead atoms. The van der Waals surface area contributed by atoms with Crippen molar-refractivity contribution < 1.29 is 9.53 Å². The standard InChI is InChI=1S/C21H23N5O2S/c1-11(2)28-17-7-15(23)13(8-22)6-16(17)26-20-19-14-4-3-12(9-27)5-18(14)29-21(19)25-10-24-20/h6-12,22H,3-5,23H2,1-2H3,(H,24,25,26). The van der Waals surface area contributed by atoms with Crippen molar-refractivity contribution in [2.45, 2.75) is 39.2 Å². The quantitative estimate of drug-likeness (QED) is 0.321. The second-order valence-corrected chi connectivity index (χ2v) is 8.54. The molecule has 29 heavy (non-hydrogen) atoms. The largest absolute Gasteiger partial charge is 0.489 e. The predicted molar refractivity (Wildman–Crippen MR) is 117 cm³/mol. The fourth-order valence-corrected chi connectivity index (χ4v) is 4.94. The molecule has 4 rings (SSSR count). The second kappa shape index (κ2) is 7.79. The molecule has 0 radical (unpaired) electrons. The molecule has 0 fully saturated rings. The van der Waals surface area contributed by atoms with Crippen molar-refractivity contribution in [3.05, 3.63) is 34.5 Å². The van der Waals surface area contributed by atoms with Gasteiger partial charge in [-0.3, -0.25) is 0 Å². The molecule has 0 saturated heterocycles. The highest BCUT2D eigenvalue weighted by atomic mass is 32.1. The number of fused-ring (bicyclic) bond motifs is 3. The molecule has 7 nitrogen and oxygen atoms in total. The molecule has 3 aromatic rings. The van der Waals surface area contributed by atoms with Crippen molar-refractivity contribution in [2.75, 3.05) is 11.1 Å². The van der Waals surface area contributed by atoms with Gasteiger partial charge >= 0.3 is 0 Å². The van der Waals surface area contributed by atoms with Gasteiger partial charge in [0.15, 0.2) is 0 Å². The maximum atomic E-state index is 11.2. The number of rotatable bonds is 6. The number of nitrogen functional groups attached to an aromatic ring is 1. The molecule has 2 aromatic heterocycles. The average Bonchev–Trinajstić information content (AvgIpc) is 3.07. The summed E-state index contributed by atoms with van der Waals surface area (Å²) in [5, 5.41) is 12.0. The van der Waals surface area contributed by atoms with Crippen LogP contribution >= 0.6 is 11.3 Å². The van der Waals surface area contributed by atoms with Gasteiger partial charge in [-0.05, 0) is 44.7 Å². The second-order valence-electron chi connectivity index (χ2n) is 7.46. The van der Waals surface area contributed by atoms with Crippen LogP contribution in [-0.2, 0) is 17.6 Å². The number of nitrogens with zero attached hydrogens (tertiary/aromatic N) is 2. The van der Waals surface area contributed by atoms with Gasteiger partial charge in [-0.1, -0.05) is 0 Å². The molecule has 1 unspecified atom stereocenters. The molecule has 1 aliphatic rings. The summed E-state index contributed by atoms with van der Waals surface area (Å²) in [5.74, 6) is 1.39. The lowest BCUT2D eigenvalue weighted by Crippen LogP contribution is -2.13. The molecule has 1 aromatic carbocycles. The summed E-state index contributed by atoms with van der Waals surface area (Å²) >= 11 is 1.63. The molecule has 0 aliphatic heterocycles. The number of aryl methyl sites for hydroxylation is 1. The Morgan fingerprint density at radius 3 is 2.93 bits per heavy atom. The zero-order valence-corrected chi connectivity index (χ0v) is 17.2. The third-order valence-electron chi connectivity index (χ3n) is 5.03. The van der Waals surface area contributed by atoms with Crippen LogP contribution in [0.5, 0.6) is 5.75 Å². The van der Waals surface area contributed by atoms with Crippen molar-refractivity contribution in [2.24, 2.45) is 5.92 Å². The van der Waals surface area contributed by atoms with Gasteiger partial charge in [0, 0.05) is 34.3 Å². The Bertz CT molecular complexity index is 1090. The Balaban J connectivity index is 1.80. The van der Waals surface area contributed by atoms with E-state index in [1.54, 1.807) is 29.8 Å². The minimum atomic E-state index is -0.0274. The third kappa shape index (κ3) is 3.67. The summed E-state index contributed by atoms with van der Waals surface area (Å²) in [6.07, 6.45) is 6.24. The topological polar surface area (TPSA) is 114 Å². The van der Waals surface area contributed by atoms with E-state index in [0.29, 0.717) is 28.5 Å². The van der Waals surface area contributed by atoms with Crippen molar-refractivity contribution >= 4 is 51.2 Å². The van der Waals surface area contributed by atoms with Crippen LogP contribution < -0.4 is 15.8 Å². The number of benzene rings is 1. The molecular formula is C21H23N5O2S. The molecule has 0 spiro atoms. The van der Waals surface area contributed by atoms with Gasteiger partial charge in [0.1, 0.15) is 29.0 Å². The Morgan fingerprint density at radius 2 is 2.21 bits per heavy atom. The van der Waals surface area contributed by atoms with Crippen molar-refractivity contribution in [1.29, 1.82) is 5.41 Å². The fraction of sp³-hybridized carbons (Fsp3) is 0.333. The molecule has 2 heterocycles. The highest BCUT2D eigenvalue weighted by Gasteiger charge is 2.25. The van der Waals surface area contributed by atoms with Gasteiger partial charge < -0.3 is 26.0 Å². The SMILES string of the molecule is CC(C)Oc1cc(N)c(C=N)cc1Nc1ncnc2sc3c(c12)CCC(C=O)C3. The number of carbonyl (C=O) groups excluding carboxylic acids is 1. The van der Waals surface area contributed by atoms with E-state index < -0.39 is 0 Å². The van der Waals surface area contributed by atoms with E-state index in [1.165, 1.54) is 16.7 Å². The Labute approximate surface area is 172 Å². The number of anilines is 3.